The number of alkyl halides is 3. The van der Waals surface area contributed by atoms with Crippen LogP contribution in [0.1, 0.15) is 12.8 Å². The number of likely N-dealkylation sites (tertiary alicyclic amines) is 1. The smallest absolute Gasteiger partial charge is 0.416 e. The van der Waals surface area contributed by atoms with Gasteiger partial charge in [-0.05, 0) is 12.8 Å². The summed E-state index contributed by atoms with van der Waals surface area (Å²) in [4.78, 5) is 23.5. The molecule has 0 spiro atoms. The molecule has 114 valence electrons. The van der Waals surface area contributed by atoms with Gasteiger partial charge in [-0.1, -0.05) is 0 Å². The van der Waals surface area contributed by atoms with E-state index in [0.29, 0.717) is 4.90 Å². The van der Waals surface area contributed by atoms with Gasteiger partial charge in [-0.3, -0.25) is 9.80 Å². The highest BCUT2D eigenvalue weighted by Crippen LogP contribution is 2.39. The Hall–Kier alpha value is -1.71. The van der Waals surface area contributed by atoms with Gasteiger partial charge in [-0.15, -0.1) is 0 Å². The van der Waals surface area contributed by atoms with Crippen LogP contribution in [0, 0.1) is 0 Å². The molecule has 0 aliphatic carbocycles. The lowest BCUT2D eigenvalue weighted by Crippen LogP contribution is -2.67. The van der Waals surface area contributed by atoms with Gasteiger partial charge in [0.2, 0.25) is 0 Å². The maximum atomic E-state index is 12.7. The average Bonchev–Trinajstić information content (AvgIpc) is 2.62. The summed E-state index contributed by atoms with van der Waals surface area (Å²) in [6.07, 6.45) is -10.6. The molecule has 20 heavy (non-hydrogen) atoms. The van der Waals surface area contributed by atoms with Crippen molar-refractivity contribution in [3.8, 4) is 0 Å². The summed E-state index contributed by atoms with van der Waals surface area (Å²) in [7, 11) is 0. The lowest BCUT2D eigenvalue weighted by Gasteiger charge is -2.46. The number of piperazine rings is 1. The van der Waals surface area contributed by atoms with Crippen LogP contribution in [-0.2, 0) is 0 Å². The summed E-state index contributed by atoms with van der Waals surface area (Å²) in [5, 5.41) is 27.4. The number of hydrogen-bond acceptors (Lipinski definition) is 3. The summed E-state index contributed by atoms with van der Waals surface area (Å²) >= 11 is 0. The molecule has 2 saturated heterocycles. The lowest BCUT2D eigenvalue weighted by atomic mass is 9.97. The van der Waals surface area contributed by atoms with Crippen molar-refractivity contribution in [1.82, 2.24) is 9.80 Å². The van der Waals surface area contributed by atoms with Gasteiger partial charge in [-0.25, -0.2) is 9.59 Å². The van der Waals surface area contributed by atoms with Gasteiger partial charge in [0.05, 0.1) is 18.1 Å². The SMILES string of the molecule is O=C(O)N1C[C@@H]2CC[C@H]([C@@H]1C(O)C(F)(F)F)N2C(=O)O. The molecule has 2 aliphatic heterocycles. The Kier molecular flexibility index (Phi) is 3.44. The van der Waals surface area contributed by atoms with E-state index in [2.05, 4.69) is 0 Å². The van der Waals surface area contributed by atoms with Crippen molar-refractivity contribution in [2.45, 2.75) is 43.2 Å². The Bertz CT molecular complexity index is 430. The van der Waals surface area contributed by atoms with E-state index >= 15 is 0 Å². The van der Waals surface area contributed by atoms with Crippen LogP contribution in [0.2, 0.25) is 0 Å². The van der Waals surface area contributed by atoms with Crippen LogP contribution in [0.25, 0.3) is 0 Å². The zero-order valence-corrected chi connectivity index (χ0v) is 10.1. The van der Waals surface area contributed by atoms with E-state index < -0.39 is 42.6 Å². The third kappa shape index (κ3) is 2.23. The third-order valence-corrected chi connectivity index (χ3v) is 3.83. The minimum absolute atomic E-state index is 0.0958. The van der Waals surface area contributed by atoms with E-state index in [9.17, 15) is 27.9 Å². The highest BCUT2D eigenvalue weighted by Gasteiger charge is 2.57. The van der Waals surface area contributed by atoms with Crippen LogP contribution in [0.5, 0.6) is 0 Å². The number of fused-ring (bicyclic) bond motifs is 2. The summed E-state index contributed by atoms with van der Waals surface area (Å²) in [5.41, 5.74) is 0. The van der Waals surface area contributed by atoms with Gasteiger partial charge >= 0.3 is 18.4 Å². The van der Waals surface area contributed by atoms with Crippen molar-refractivity contribution >= 4 is 12.2 Å². The summed E-state index contributed by atoms with van der Waals surface area (Å²) in [5.74, 6) is 0. The predicted octanol–water partition coefficient (Wildman–Crippen LogP) is 0.783. The van der Waals surface area contributed by atoms with Crippen molar-refractivity contribution in [3.63, 3.8) is 0 Å². The van der Waals surface area contributed by atoms with Crippen LogP contribution < -0.4 is 0 Å². The van der Waals surface area contributed by atoms with Gasteiger partial charge < -0.3 is 15.3 Å². The molecular weight excluding hydrogens is 285 g/mol. The first-order valence-corrected chi connectivity index (χ1v) is 5.90. The molecule has 0 radical (unpaired) electrons. The second-order valence-corrected chi connectivity index (χ2v) is 4.90. The van der Waals surface area contributed by atoms with Crippen molar-refractivity contribution in [1.29, 1.82) is 0 Å². The standard InChI is InChI=1S/C10H13F3N2O5/c11-10(12,13)7(16)6-5-2-1-4(15(5)9(19)20)3-14(6)8(17)18/h4-7,16H,1-3H2,(H,17,18)(H,19,20)/t4-,5+,6+,7?/m0/s1. The topological polar surface area (TPSA) is 101 Å². The van der Waals surface area contributed by atoms with Crippen LogP contribution in [0.15, 0.2) is 0 Å². The highest BCUT2D eigenvalue weighted by atomic mass is 19.4. The van der Waals surface area contributed by atoms with Crippen molar-refractivity contribution in [3.05, 3.63) is 0 Å². The van der Waals surface area contributed by atoms with Crippen LogP contribution in [-0.4, -0.2) is 74.3 Å². The molecule has 2 amide bonds. The minimum Gasteiger partial charge on any atom is -0.465 e. The van der Waals surface area contributed by atoms with Crippen LogP contribution >= 0.6 is 0 Å². The van der Waals surface area contributed by atoms with Gasteiger partial charge in [-0.2, -0.15) is 13.2 Å². The van der Waals surface area contributed by atoms with Crippen LogP contribution in [0.4, 0.5) is 22.8 Å². The molecule has 1 unspecified atom stereocenters. The number of carbonyl (C=O) groups is 2. The number of nitrogens with zero attached hydrogens (tertiary/aromatic N) is 2. The third-order valence-electron chi connectivity index (χ3n) is 3.83. The van der Waals surface area contributed by atoms with E-state index in [1.807, 2.05) is 0 Å². The quantitative estimate of drug-likeness (QED) is 0.664. The van der Waals surface area contributed by atoms with E-state index in [1.165, 1.54) is 0 Å². The maximum absolute atomic E-state index is 12.7. The number of aliphatic hydroxyl groups is 1. The van der Waals surface area contributed by atoms with Gasteiger partial charge in [0.25, 0.3) is 0 Å². The number of aliphatic hydroxyl groups excluding tert-OH is 1. The monoisotopic (exact) mass is 298 g/mol. The van der Waals surface area contributed by atoms with E-state index in [-0.39, 0.29) is 19.4 Å². The highest BCUT2D eigenvalue weighted by molar-refractivity contribution is 5.70. The van der Waals surface area contributed by atoms with Crippen molar-refractivity contribution < 1.29 is 38.1 Å². The summed E-state index contributed by atoms with van der Waals surface area (Å²) in [6, 6.07) is -3.67. The molecule has 0 aromatic heterocycles. The van der Waals surface area contributed by atoms with E-state index in [1.54, 1.807) is 0 Å². The first-order valence-electron chi connectivity index (χ1n) is 5.90. The predicted molar refractivity (Wildman–Crippen MR) is 57.3 cm³/mol. The summed E-state index contributed by atoms with van der Waals surface area (Å²) < 4.78 is 38.1. The second-order valence-electron chi connectivity index (χ2n) is 4.90. The average molecular weight is 298 g/mol. The van der Waals surface area contributed by atoms with Gasteiger partial charge in [0.15, 0.2) is 6.10 Å². The zero-order chi connectivity index (χ0) is 15.2. The number of amides is 2. The molecule has 2 rings (SSSR count). The van der Waals surface area contributed by atoms with E-state index in [0.717, 1.165) is 4.90 Å². The minimum atomic E-state index is -5.02. The molecule has 0 aromatic carbocycles. The summed E-state index contributed by atoms with van der Waals surface area (Å²) in [6.45, 7) is -0.365. The Morgan fingerprint density at radius 2 is 1.75 bits per heavy atom. The maximum Gasteiger partial charge on any atom is 0.416 e. The molecule has 2 fully saturated rings. The Balaban J connectivity index is 2.37. The number of rotatable bonds is 1. The first-order chi connectivity index (χ1) is 9.14. The number of halogens is 3. The Labute approximate surface area is 111 Å². The molecule has 4 atom stereocenters. The Morgan fingerprint density at radius 3 is 2.20 bits per heavy atom. The molecule has 0 saturated carbocycles. The molecule has 2 aliphatic rings. The lowest BCUT2D eigenvalue weighted by molar-refractivity contribution is -0.228. The normalized spacial score (nSPS) is 31.3. The molecular formula is C10H13F3N2O5. The fraction of sp³-hybridized carbons (Fsp3) is 0.800. The first kappa shape index (κ1) is 14.7. The molecule has 7 nitrogen and oxygen atoms in total. The molecule has 0 aromatic rings. The fourth-order valence-corrected chi connectivity index (χ4v) is 3.06. The zero-order valence-electron chi connectivity index (χ0n) is 10.1. The van der Waals surface area contributed by atoms with Crippen molar-refractivity contribution in [2.75, 3.05) is 6.54 Å². The number of carboxylic acid groups (broad SMARTS) is 2. The number of hydrogen-bond donors (Lipinski definition) is 3. The van der Waals surface area contributed by atoms with Gasteiger partial charge in [0.1, 0.15) is 0 Å². The second kappa shape index (κ2) is 4.69. The van der Waals surface area contributed by atoms with Crippen LogP contribution in [0.3, 0.4) is 0 Å². The largest absolute Gasteiger partial charge is 0.465 e. The molecule has 2 heterocycles. The van der Waals surface area contributed by atoms with Gasteiger partial charge in [0, 0.05) is 6.54 Å². The molecule has 10 heteroatoms. The molecule has 3 N–H and O–H groups in total. The van der Waals surface area contributed by atoms with E-state index in [4.69, 9.17) is 10.2 Å². The van der Waals surface area contributed by atoms with Crippen molar-refractivity contribution in [2.24, 2.45) is 0 Å². The Morgan fingerprint density at radius 1 is 1.15 bits per heavy atom. The molecule has 2 bridgehead atoms. The fourth-order valence-electron chi connectivity index (χ4n) is 3.06.